The zero-order chi connectivity index (χ0) is 13.7. The molecule has 20 heavy (non-hydrogen) atoms. The minimum atomic E-state index is 0. The maximum absolute atomic E-state index is 12.4. The van der Waals surface area contributed by atoms with E-state index >= 15 is 0 Å². The molecule has 1 heterocycles. The van der Waals surface area contributed by atoms with Crippen LogP contribution in [-0.4, -0.2) is 37.4 Å². The fourth-order valence-electron chi connectivity index (χ4n) is 2.65. The minimum absolute atomic E-state index is 0. The van der Waals surface area contributed by atoms with Crippen LogP contribution in [0.5, 0.6) is 5.75 Å². The number of halogens is 1. The van der Waals surface area contributed by atoms with Crippen molar-refractivity contribution >= 4 is 18.2 Å². The fourth-order valence-corrected chi connectivity index (χ4v) is 2.65. The maximum atomic E-state index is 12.4. The summed E-state index contributed by atoms with van der Waals surface area (Å²) in [7, 11) is 1.63. The molecule has 2 rings (SSSR count). The average Bonchev–Trinajstić information content (AvgIpc) is 2.47. The van der Waals surface area contributed by atoms with Crippen LogP contribution in [0, 0.1) is 5.92 Å². The van der Waals surface area contributed by atoms with Crippen molar-refractivity contribution in [3.63, 3.8) is 0 Å². The van der Waals surface area contributed by atoms with E-state index in [2.05, 4.69) is 4.90 Å². The third-order valence-electron chi connectivity index (χ3n) is 3.80. The lowest BCUT2D eigenvalue weighted by molar-refractivity contribution is 0.0883. The number of benzene rings is 1. The molecule has 1 atom stereocenters. The summed E-state index contributed by atoms with van der Waals surface area (Å²) >= 11 is 0. The van der Waals surface area contributed by atoms with Crippen LogP contribution in [0.15, 0.2) is 24.3 Å². The Morgan fingerprint density at radius 1 is 1.20 bits per heavy atom. The molecule has 1 aromatic rings. The predicted octanol–water partition coefficient (Wildman–Crippen LogP) is 3.42. The maximum Gasteiger partial charge on any atom is 0.166 e. The molecule has 1 aromatic carbocycles. The van der Waals surface area contributed by atoms with E-state index in [9.17, 15) is 4.79 Å². The molecule has 0 saturated carbocycles. The number of piperidine rings is 1. The molecular formula is C16H24ClNO2. The van der Waals surface area contributed by atoms with Gasteiger partial charge in [-0.05, 0) is 50.2 Å². The monoisotopic (exact) mass is 297 g/mol. The smallest absolute Gasteiger partial charge is 0.166 e. The average molecular weight is 298 g/mol. The molecule has 0 radical (unpaired) electrons. The Morgan fingerprint density at radius 2 is 1.80 bits per heavy atom. The van der Waals surface area contributed by atoms with Crippen molar-refractivity contribution in [1.29, 1.82) is 0 Å². The van der Waals surface area contributed by atoms with E-state index in [4.69, 9.17) is 4.74 Å². The molecule has 1 unspecified atom stereocenters. The van der Waals surface area contributed by atoms with Gasteiger partial charge in [0.15, 0.2) is 5.78 Å². The molecule has 4 heteroatoms. The van der Waals surface area contributed by atoms with Gasteiger partial charge in [0.25, 0.3) is 0 Å². The molecule has 1 saturated heterocycles. The molecule has 0 bridgehead atoms. The second kappa shape index (κ2) is 8.28. The molecule has 112 valence electrons. The van der Waals surface area contributed by atoms with E-state index in [1.807, 2.05) is 31.2 Å². The van der Waals surface area contributed by atoms with Gasteiger partial charge in [0.05, 0.1) is 7.11 Å². The SMILES string of the molecule is COc1ccc(C(=O)C(C)CN2CCCCC2)cc1.Cl. The summed E-state index contributed by atoms with van der Waals surface area (Å²) in [6.45, 7) is 5.19. The second-order valence-electron chi connectivity index (χ2n) is 5.36. The van der Waals surface area contributed by atoms with Gasteiger partial charge in [0.2, 0.25) is 0 Å². The summed E-state index contributed by atoms with van der Waals surface area (Å²) in [5.41, 5.74) is 0.783. The van der Waals surface area contributed by atoms with Gasteiger partial charge in [-0.1, -0.05) is 13.3 Å². The Hall–Kier alpha value is -1.06. The molecule has 3 nitrogen and oxygen atoms in total. The van der Waals surface area contributed by atoms with E-state index < -0.39 is 0 Å². The van der Waals surface area contributed by atoms with E-state index in [1.54, 1.807) is 7.11 Å². The Kier molecular flexibility index (Phi) is 7.03. The van der Waals surface area contributed by atoms with Crippen LogP contribution in [0.1, 0.15) is 36.5 Å². The Labute approximate surface area is 127 Å². The molecule has 0 aromatic heterocycles. The lowest BCUT2D eigenvalue weighted by Crippen LogP contribution is -2.35. The minimum Gasteiger partial charge on any atom is -0.497 e. The van der Waals surface area contributed by atoms with Crippen LogP contribution in [0.2, 0.25) is 0 Å². The van der Waals surface area contributed by atoms with Gasteiger partial charge >= 0.3 is 0 Å². The van der Waals surface area contributed by atoms with Crippen LogP contribution < -0.4 is 4.74 Å². The molecule has 0 N–H and O–H groups in total. The van der Waals surface area contributed by atoms with Crippen molar-refractivity contribution in [2.24, 2.45) is 5.92 Å². The molecular weight excluding hydrogens is 274 g/mol. The van der Waals surface area contributed by atoms with Crippen molar-refractivity contribution in [3.05, 3.63) is 29.8 Å². The van der Waals surface area contributed by atoms with Crippen LogP contribution in [-0.2, 0) is 0 Å². The van der Waals surface area contributed by atoms with Crippen LogP contribution >= 0.6 is 12.4 Å². The first kappa shape index (κ1) is 17.0. The quantitative estimate of drug-likeness (QED) is 0.780. The van der Waals surface area contributed by atoms with E-state index in [1.165, 1.54) is 19.3 Å². The van der Waals surface area contributed by atoms with Gasteiger partial charge in [0, 0.05) is 18.0 Å². The Balaban J connectivity index is 0.00000200. The van der Waals surface area contributed by atoms with Crippen molar-refractivity contribution in [2.75, 3.05) is 26.7 Å². The number of nitrogens with zero attached hydrogens (tertiary/aromatic N) is 1. The number of hydrogen-bond acceptors (Lipinski definition) is 3. The van der Waals surface area contributed by atoms with Gasteiger partial charge in [-0.2, -0.15) is 0 Å². The van der Waals surface area contributed by atoms with Crippen LogP contribution in [0.25, 0.3) is 0 Å². The highest BCUT2D eigenvalue weighted by molar-refractivity contribution is 5.97. The van der Waals surface area contributed by atoms with Gasteiger partial charge in [-0.15, -0.1) is 12.4 Å². The van der Waals surface area contributed by atoms with Gasteiger partial charge in [-0.25, -0.2) is 0 Å². The highest BCUT2D eigenvalue weighted by Gasteiger charge is 2.19. The summed E-state index contributed by atoms with van der Waals surface area (Å²) in [5, 5.41) is 0. The van der Waals surface area contributed by atoms with Gasteiger partial charge < -0.3 is 9.64 Å². The van der Waals surface area contributed by atoms with E-state index in [-0.39, 0.29) is 24.1 Å². The number of ether oxygens (including phenoxy) is 1. The molecule has 0 aliphatic carbocycles. The highest BCUT2D eigenvalue weighted by atomic mass is 35.5. The molecule has 1 aliphatic heterocycles. The number of carbonyl (C=O) groups is 1. The van der Waals surface area contributed by atoms with Crippen molar-refractivity contribution in [1.82, 2.24) is 4.90 Å². The van der Waals surface area contributed by atoms with Crippen molar-refractivity contribution < 1.29 is 9.53 Å². The number of Topliss-reactive ketones (excluding diaryl/α,β-unsaturated/α-hetero) is 1. The largest absolute Gasteiger partial charge is 0.497 e. The molecule has 0 amide bonds. The molecule has 1 aliphatic rings. The normalized spacial score (nSPS) is 17.1. The Morgan fingerprint density at radius 3 is 2.35 bits per heavy atom. The topological polar surface area (TPSA) is 29.5 Å². The van der Waals surface area contributed by atoms with Crippen molar-refractivity contribution in [2.45, 2.75) is 26.2 Å². The van der Waals surface area contributed by atoms with E-state index in [0.717, 1.165) is 30.9 Å². The molecule has 1 fully saturated rings. The van der Waals surface area contributed by atoms with Crippen LogP contribution in [0.4, 0.5) is 0 Å². The first-order valence-electron chi connectivity index (χ1n) is 7.11. The third kappa shape index (κ3) is 4.50. The zero-order valence-corrected chi connectivity index (χ0v) is 13.1. The summed E-state index contributed by atoms with van der Waals surface area (Å²) in [4.78, 5) is 14.8. The number of ketones is 1. The lowest BCUT2D eigenvalue weighted by atomic mass is 9.98. The standard InChI is InChI=1S/C16H23NO2.ClH/c1-13(12-17-10-4-3-5-11-17)16(18)14-6-8-15(19-2)9-7-14;/h6-9,13H,3-5,10-12H2,1-2H3;1H. The van der Waals surface area contributed by atoms with Crippen molar-refractivity contribution in [3.8, 4) is 5.75 Å². The van der Waals surface area contributed by atoms with Crippen LogP contribution in [0.3, 0.4) is 0 Å². The first-order chi connectivity index (χ1) is 9.20. The van der Waals surface area contributed by atoms with E-state index in [0.29, 0.717) is 0 Å². The number of carbonyl (C=O) groups excluding carboxylic acids is 1. The Bertz CT molecular complexity index is 413. The van der Waals surface area contributed by atoms with Gasteiger partial charge in [-0.3, -0.25) is 4.79 Å². The predicted molar refractivity (Wildman–Crippen MR) is 84.0 cm³/mol. The number of methoxy groups -OCH3 is 1. The second-order valence-corrected chi connectivity index (χ2v) is 5.36. The number of rotatable bonds is 5. The fraction of sp³-hybridized carbons (Fsp3) is 0.562. The highest BCUT2D eigenvalue weighted by Crippen LogP contribution is 2.17. The summed E-state index contributed by atoms with van der Waals surface area (Å²) < 4.78 is 5.11. The zero-order valence-electron chi connectivity index (χ0n) is 12.3. The summed E-state index contributed by atoms with van der Waals surface area (Å²) in [6, 6.07) is 7.41. The lowest BCUT2D eigenvalue weighted by Gasteiger charge is -2.28. The molecule has 0 spiro atoms. The summed E-state index contributed by atoms with van der Waals surface area (Å²) in [5.74, 6) is 1.08. The number of likely N-dealkylation sites (tertiary alicyclic amines) is 1. The number of hydrogen-bond donors (Lipinski definition) is 0. The first-order valence-corrected chi connectivity index (χ1v) is 7.11. The third-order valence-corrected chi connectivity index (χ3v) is 3.80. The summed E-state index contributed by atoms with van der Waals surface area (Å²) in [6.07, 6.45) is 3.87. The van der Waals surface area contributed by atoms with Gasteiger partial charge in [0.1, 0.15) is 5.75 Å².